The van der Waals surface area contributed by atoms with Crippen LogP contribution in [0.4, 0.5) is 0 Å². The monoisotopic (exact) mass is 301 g/mol. The minimum atomic E-state index is -0.109. The molecule has 2 aromatic rings. The molecule has 0 spiro atoms. The van der Waals surface area contributed by atoms with Gasteiger partial charge < -0.3 is 5.32 Å². The molecule has 2 aromatic carbocycles. The fourth-order valence-corrected chi connectivity index (χ4v) is 2.63. The van der Waals surface area contributed by atoms with Gasteiger partial charge in [0.25, 0.3) is 5.91 Å². The molecule has 21 heavy (non-hydrogen) atoms. The van der Waals surface area contributed by atoms with E-state index in [0.29, 0.717) is 10.6 Å². The smallest absolute Gasteiger partial charge is 0.251 e. The number of carbonyl (C=O) groups excluding carboxylic acids is 1. The summed E-state index contributed by atoms with van der Waals surface area (Å²) in [5.41, 5.74) is 5.42. The van der Waals surface area contributed by atoms with E-state index in [1.54, 1.807) is 24.3 Å². The maximum absolute atomic E-state index is 12.3. The minimum Gasteiger partial charge on any atom is -0.346 e. The van der Waals surface area contributed by atoms with Gasteiger partial charge in [0, 0.05) is 10.6 Å². The lowest BCUT2D eigenvalue weighted by Crippen LogP contribution is -2.27. The van der Waals surface area contributed by atoms with E-state index in [0.717, 1.165) is 5.56 Å². The number of carbonyl (C=O) groups is 1. The quantitative estimate of drug-likeness (QED) is 0.870. The Morgan fingerprint density at radius 3 is 2.38 bits per heavy atom. The maximum Gasteiger partial charge on any atom is 0.251 e. The summed E-state index contributed by atoms with van der Waals surface area (Å²) in [5.74, 6) is -0.109. The van der Waals surface area contributed by atoms with E-state index in [1.807, 2.05) is 6.92 Å². The molecule has 0 saturated carbocycles. The lowest BCUT2D eigenvalue weighted by Gasteiger charge is -2.18. The average Bonchev–Trinajstić information content (AvgIpc) is 2.42. The predicted molar refractivity (Wildman–Crippen MR) is 88.0 cm³/mol. The number of hydrogen-bond donors (Lipinski definition) is 1. The SMILES string of the molecule is Cc1cc(C)c(C(C)NC(=O)c2cccc(Cl)c2)cc1C. The van der Waals surface area contributed by atoms with Crippen molar-refractivity contribution in [2.24, 2.45) is 0 Å². The number of benzene rings is 2. The van der Waals surface area contributed by atoms with E-state index >= 15 is 0 Å². The fraction of sp³-hybridized carbons (Fsp3) is 0.278. The average molecular weight is 302 g/mol. The molecule has 0 heterocycles. The van der Waals surface area contributed by atoms with Crippen molar-refractivity contribution in [1.29, 1.82) is 0 Å². The van der Waals surface area contributed by atoms with Crippen LogP contribution in [0.15, 0.2) is 36.4 Å². The van der Waals surface area contributed by atoms with Gasteiger partial charge in [-0.15, -0.1) is 0 Å². The lowest BCUT2D eigenvalue weighted by molar-refractivity contribution is 0.0940. The Labute approximate surface area is 131 Å². The normalized spacial score (nSPS) is 12.0. The molecule has 1 N–H and O–H groups in total. The van der Waals surface area contributed by atoms with Crippen molar-refractivity contribution in [3.63, 3.8) is 0 Å². The number of aryl methyl sites for hydroxylation is 3. The van der Waals surface area contributed by atoms with Gasteiger partial charge in [-0.1, -0.05) is 29.8 Å². The minimum absolute atomic E-state index is 0.0456. The van der Waals surface area contributed by atoms with E-state index in [-0.39, 0.29) is 11.9 Å². The molecule has 0 aromatic heterocycles. The van der Waals surface area contributed by atoms with E-state index in [1.165, 1.54) is 16.7 Å². The van der Waals surface area contributed by atoms with Crippen molar-refractivity contribution in [2.45, 2.75) is 33.7 Å². The standard InChI is InChI=1S/C18H20ClNO/c1-11-8-13(3)17(9-12(11)2)14(4)20-18(21)15-6-5-7-16(19)10-15/h5-10,14H,1-4H3,(H,20,21). The zero-order valence-corrected chi connectivity index (χ0v) is 13.6. The third-order valence-corrected chi connectivity index (χ3v) is 4.02. The van der Waals surface area contributed by atoms with Gasteiger partial charge in [0.15, 0.2) is 0 Å². The van der Waals surface area contributed by atoms with Crippen LogP contribution < -0.4 is 5.32 Å². The Bertz CT molecular complexity index is 679. The molecule has 1 amide bonds. The van der Waals surface area contributed by atoms with Crippen LogP contribution in [0.5, 0.6) is 0 Å². The highest BCUT2D eigenvalue weighted by Crippen LogP contribution is 2.22. The first kappa shape index (κ1) is 15.6. The summed E-state index contributed by atoms with van der Waals surface area (Å²) in [4.78, 5) is 12.3. The highest BCUT2D eigenvalue weighted by molar-refractivity contribution is 6.30. The number of halogens is 1. The highest BCUT2D eigenvalue weighted by Gasteiger charge is 2.14. The van der Waals surface area contributed by atoms with Gasteiger partial charge in [-0.3, -0.25) is 4.79 Å². The van der Waals surface area contributed by atoms with Crippen molar-refractivity contribution < 1.29 is 4.79 Å². The van der Waals surface area contributed by atoms with Crippen LogP contribution in [-0.4, -0.2) is 5.91 Å². The molecular weight excluding hydrogens is 282 g/mol. The molecule has 0 fully saturated rings. The van der Waals surface area contributed by atoms with Gasteiger partial charge in [0.05, 0.1) is 6.04 Å². The predicted octanol–water partition coefficient (Wildman–Crippen LogP) is 4.76. The summed E-state index contributed by atoms with van der Waals surface area (Å²) >= 11 is 5.93. The summed E-state index contributed by atoms with van der Waals surface area (Å²) in [7, 11) is 0. The second-order valence-electron chi connectivity index (χ2n) is 5.50. The van der Waals surface area contributed by atoms with E-state index in [4.69, 9.17) is 11.6 Å². The van der Waals surface area contributed by atoms with E-state index < -0.39 is 0 Å². The van der Waals surface area contributed by atoms with Crippen LogP contribution in [0.1, 0.15) is 45.6 Å². The summed E-state index contributed by atoms with van der Waals surface area (Å²) in [6.45, 7) is 8.26. The Balaban J connectivity index is 2.20. The van der Waals surface area contributed by atoms with Crippen molar-refractivity contribution in [1.82, 2.24) is 5.32 Å². The zero-order chi connectivity index (χ0) is 15.6. The van der Waals surface area contributed by atoms with Crippen LogP contribution in [0.3, 0.4) is 0 Å². The van der Waals surface area contributed by atoms with Crippen molar-refractivity contribution in [3.8, 4) is 0 Å². The summed E-state index contributed by atoms with van der Waals surface area (Å²) in [6, 6.07) is 11.2. The molecule has 1 unspecified atom stereocenters. The number of hydrogen-bond acceptors (Lipinski definition) is 1. The number of rotatable bonds is 3. The van der Waals surface area contributed by atoms with E-state index in [9.17, 15) is 4.79 Å². The first-order valence-corrected chi connectivity index (χ1v) is 7.40. The molecule has 2 nitrogen and oxygen atoms in total. The second-order valence-corrected chi connectivity index (χ2v) is 5.93. The molecule has 3 heteroatoms. The molecule has 0 aliphatic rings. The topological polar surface area (TPSA) is 29.1 Å². The molecule has 2 rings (SSSR count). The number of amides is 1. The van der Waals surface area contributed by atoms with Crippen LogP contribution in [0.2, 0.25) is 5.02 Å². The van der Waals surface area contributed by atoms with Crippen LogP contribution in [0.25, 0.3) is 0 Å². The fourth-order valence-electron chi connectivity index (χ4n) is 2.44. The van der Waals surface area contributed by atoms with E-state index in [2.05, 4.69) is 38.2 Å². The summed E-state index contributed by atoms with van der Waals surface area (Å²) < 4.78 is 0. The maximum atomic E-state index is 12.3. The van der Waals surface area contributed by atoms with Gasteiger partial charge >= 0.3 is 0 Å². The Kier molecular flexibility index (Phi) is 4.69. The lowest BCUT2D eigenvalue weighted by atomic mass is 9.96. The molecule has 0 aliphatic carbocycles. The molecule has 0 saturated heterocycles. The molecule has 0 radical (unpaired) electrons. The third-order valence-electron chi connectivity index (χ3n) is 3.78. The molecule has 0 aliphatic heterocycles. The second kappa shape index (κ2) is 6.31. The van der Waals surface area contributed by atoms with Gasteiger partial charge in [-0.2, -0.15) is 0 Å². The van der Waals surface area contributed by atoms with Crippen molar-refractivity contribution in [3.05, 3.63) is 69.2 Å². The van der Waals surface area contributed by atoms with Gasteiger partial charge in [0.2, 0.25) is 0 Å². The van der Waals surface area contributed by atoms with Gasteiger partial charge in [0.1, 0.15) is 0 Å². The van der Waals surface area contributed by atoms with Gasteiger partial charge in [-0.05, 0) is 68.1 Å². The molecule has 0 bridgehead atoms. The summed E-state index contributed by atoms with van der Waals surface area (Å²) in [5, 5.41) is 3.60. The molecule has 110 valence electrons. The largest absolute Gasteiger partial charge is 0.346 e. The summed E-state index contributed by atoms with van der Waals surface area (Å²) in [6.07, 6.45) is 0. The number of nitrogens with one attached hydrogen (secondary N) is 1. The van der Waals surface area contributed by atoms with Crippen LogP contribution in [0, 0.1) is 20.8 Å². The van der Waals surface area contributed by atoms with Gasteiger partial charge in [-0.25, -0.2) is 0 Å². The van der Waals surface area contributed by atoms with Crippen molar-refractivity contribution in [2.75, 3.05) is 0 Å². The Hall–Kier alpha value is -1.80. The van der Waals surface area contributed by atoms with Crippen LogP contribution in [-0.2, 0) is 0 Å². The zero-order valence-electron chi connectivity index (χ0n) is 12.8. The molecular formula is C18H20ClNO. The first-order valence-electron chi connectivity index (χ1n) is 7.02. The van der Waals surface area contributed by atoms with Crippen LogP contribution >= 0.6 is 11.6 Å². The molecule has 1 atom stereocenters. The third kappa shape index (κ3) is 3.64. The Morgan fingerprint density at radius 2 is 1.71 bits per heavy atom. The highest BCUT2D eigenvalue weighted by atomic mass is 35.5. The van der Waals surface area contributed by atoms with Crippen molar-refractivity contribution >= 4 is 17.5 Å². The first-order chi connectivity index (χ1) is 9.88. The Morgan fingerprint density at radius 1 is 1.05 bits per heavy atom.